The summed E-state index contributed by atoms with van der Waals surface area (Å²) < 4.78 is 38.8. The van der Waals surface area contributed by atoms with Gasteiger partial charge < -0.3 is 5.32 Å². The monoisotopic (exact) mass is 374 g/mol. The number of nitrogens with zero attached hydrogens (tertiary/aromatic N) is 1. The third-order valence-electron chi connectivity index (χ3n) is 2.67. The van der Waals surface area contributed by atoms with Crippen LogP contribution in [0.3, 0.4) is 0 Å². The molecule has 0 bridgehead atoms. The van der Waals surface area contributed by atoms with Crippen LogP contribution in [-0.2, 0) is 6.18 Å². The molecular formula is C14H7BrClF3N2. The lowest BCUT2D eigenvalue weighted by atomic mass is 10.1. The van der Waals surface area contributed by atoms with E-state index in [1.165, 1.54) is 0 Å². The van der Waals surface area contributed by atoms with Crippen molar-refractivity contribution in [3.05, 3.63) is 57.0 Å². The fraction of sp³-hybridized carbons (Fsp3) is 0.0714. The number of nitriles is 1. The summed E-state index contributed by atoms with van der Waals surface area (Å²) in [6.07, 6.45) is -4.46. The van der Waals surface area contributed by atoms with Gasteiger partial charge in [-0.2, -0.15) is 18.4 Å². The number of nitrogens with one attached hydrogen (secondary N) is 1. The Balaban J connectivity index is 2.43. The minimum atomic E-state index is -4.46. The topological polar surface area (TPSA) is 35.8 Å². The van der Waals surface area contributed by atoms with E-state index in [-0.39, 0.29) is 16.3 Å². The number of anilines is 2. The Morgan fingerprint density at radius 2 is 1.81 bits per heavy atom. The molecule has 0 saturated carbocycles. The van der Waals surface area contributed by atoms with Crippen LogP contribution in [0.5, 0.6) is 0 Å². The van der Waals surface area contributed by atoms with E-state index in [9.17, 15) is 13.2 Å². The van der Waals surface area contributed by atoms with Crippen molar-refractivity contribution in [3.63, 3.8) is 0 Å². The molecule has 2 nitrogen and oxygen atoms in total. The lowest BCUT2D eigenvalue weighted by Gasteiger charge is -2.13. The molecule has 108 valence electrons. The minimum Gasteiger partial charge on any atom is -0.353 e. The summed E-state index contributed by atoms with van der Waals surface area (Å²) in [6, 6.07) is 9.75. The van der Waals surface area contributed by atoms with Gasteiger partial charge in [0.1, 0.15) is 6.07 Å². The van der Waals surface area contributed by atoms with Crippen molar-refractivity contribution in [2.45, 2.75) is 6.18 Å². The first kappa shape index (κ1) is 15.7. The highest BCUT2D eigenvalue weighted by Crippen LogP contribution is 2.35. The summed E-state index contributed by atoms with van der Waals surface area (Å²) in [5, 5.41) is 11.9. The molecule has 0 amide bonds. The van der Waals surface area contributed by atoms with Gasteiger partial charge in [-0.05, 0) is 36.4 Å². The first-order valence-corrected chi connectivity index (χ1v) is 6.82. The van der Waals surface area contributed by atoms with E-state index in [0.29, 0.717) is 10.2 Å². The van der Waals surface area contributed by atoms with E-state index in [0.717, 1.165) is 18.2 Å². The van der Waals surface area contributed by atoms with Crippen molar-refractivity contribution >= 4 is 38.9 Å². The fourth-order valence-electron chi connectivity index (χ4n) is 1.66. The van der Waals surface area contributed by atoms with Crippen molar-refractivity contribution < 1.29 is 13.2 Å². The molecule has 0 heterocycles. The Kier molecular flexibility index (Phi) is 4.45. The van der Waals surface area contributed by atoms with Gasteiger partial charge in [0, 0.05) is 4.47 Å². The second-order valence-corrected chi connectivity index (χ2v) is 5.44. The molecule has 0 unspecified atom stereocenters. The number of hydrogen-bond acceptors (Lipinski definition) is 2. The lowest BCUT2D eigenvalue weighted by molar-refractivity contribution is -0.137. The van der Waals surface area contributed by atoms with E-state index in [2.05, 4.69) is 21.2 Å². The van der Waals surface area contributed by atoms with E-state index in [1.54, 1.807) is 18.2 Å². The third kappa shape index (κ3) is 3.69. The summed E-state index contributed by atoms with van der Waals surface area (Å²) in [7, 11) is 0. The van der Waals surface area contributed by atoms with Gasteiger partial charge >= 0.3 is 6.18 Å². The highest BCUT2D eigenvalue weighted by atomic mass is 79.9. The van der Waals surface area contributed by atoms with Crippen LogP contribution in [0.4, 0.5) is 24.5 Å². The van der Waals surface area contributed by atoms with Crippen LogP contribution in [0, 0.1) is 11.3 Å². The van der Waals surface area contributed by atoms with Crippen molar-refractivity contribution in [1.82, 2.24) is 0 Å². The van der Waals surface area contributed by atoms with Crippen LogP contribution < -0.4 is 5.32 Å². The predicted octanol–water partition coefficient (Wildman–Crippen LogP) is 5.74. The standard InChI is InChI=1S/C14H7BrClF3N2/c15-10-2-4-12(8(5-10)7-20)21-13-6-9(14(17,18)19)1-3-11(13)16/h1-6,21H. The molecule has 2 rings (SSSR count). The largest absolute Gasteiger partial charge is 0.416 e. The summed E-state index contributed by atoms with van der Waals surface area (Å²) >= 11 is 9.12. The first-order valence-electron chi connectivity index (χ1n) is 5.64. The molecular weight excluding hydrogens is 369 g/mol. The lowest BCUT2D eigenvalue weighted by Crippen LogP contribution is -2.05. The molecule has 7 heteroatoms. The Hall–Kier alpha value is -1.71. The fourth-order valence-corrected chi connectivity index (χ4v) is 2.19. The normalized spacial score (nSPS) is 11.0. The first-order chi connectivity index (χ1) is 9.81. The molecule has 0 atom stereocenters. The number of alkyl halides is 3. The van der Waals surface area contributed by atoms with Crippen LogP contribution in [0.15, 0.2) is 40.9 Å². The highest BCUT2D eigenvalue weighted by Gasteiger charge is 2.31. The zero-order valence-corrected chi connectivity index (χ0v) is 12.6. The maximum atomic E-state index is 12.7. The van der Waals surface area contributed by atoms with Gasteiger partial charge in [-0.25, -0.2) is 0 Å². The maximum absolute atomic E-state index is 12.7. The quantitative estimate of drug-likeness (QED) is 0.727. The number of benzene rings is 2. The summed E-state index contributed by atoms with van der Waals surface area (Å²) in [5.41, 5.74) is -0.0601. The third-order valence-corrected chi connectivity index (χ3v) is 3.49. The molecule has 2 aromatic carbocycles. The van der Waals surface area contributed by atoms with Crippen molar-refractivity contribution in [3.8, 4) is 6.07 Å². The molecule has 0 aliphatic heterocycles. The molecule has 0 fully saturated rings. The van der Waals surface area contributed by atoms with Gasteiger partial charge in [0.2, 0.25) is 0 Å². The zero-order chi connectivity index (χ0) is 15.6. The van der Waals surface area contributed by atoms with Gasteiger partial charge in [-0.15, -0.1) is 0 Å². The van der Waals surface area contributed by atoms with Gasteiger partial charge in [-0.3, -0.25) is 0 Å². The van der Waals surface area contributed by atoms with Crippen LogP contribution in [-0.4, -0.2) is 0 Å². The molecule has 0 saturated heterocycles. The molecule has 0 radical (unpaired) electrons. The predicted molar refractivity (Wildman–Crippen MR) is 78.6 cm³/mol. The van der Waals surface area contributed by atoms with Crippen molar-refractivity contribution in [2.24, 2.45) is 0 Å². The number of rotatable bonds is 2. The molecule has 0 spiro atoms. The van der Waals surface area contributed by atoms with Gasteiger partial charge in [0.15, 0.2) is 0 Å². The molecule has 21 heavy (non-hydrogen) atoms. The molecule has 1 N–H and O–H groups in total. The molecule has 0 aliphatic rings. The van der Waals surface area contributed by atoms with Gasteiger partial charge in [0.05, 0.1) is 27.5 Å². The Bertz CT molecular complexity index is 723. The highest BCUT2D eigenvalue weighted by molar-refractivity contribution is 9.10. The van der Waals surface area contributed by atoms with E-state index >= 15 is 0 Å². The Morgan fingerprint density at radius 1 is 1.10 bits per heavy atom. The number of hydrogen-bond donors (Lipinski definition) is 1. The summed E-state index contributed by atoms with van der Waals surface area (Å²) in [5.74, 6) is 0. The summed E-state index contributed by atoms with van der Waals surface area (Å²) in [6.45, 7) is 0. The Morgan fingerprint density at radius 3 is 2.43 bits per heavy atom. The maximum Gasteiger partial charge on any atom is 0.416 e. The average Bonchev–Trinajstić information content (AvgIpc) is 2.41. The smallest absolute Gasteiger partial charge is 0.353 e. The van der Waals surface area contributed by atoms with Gasteiger partial charge in [-0.1, -0.05) is 27.5 Å². The molecule has 0 aromatic heterocycles. The Labute approximate surface area is 132 Å². The SMILES string of the molecule is N#Cc1cc(Br)ccc1Nc1cc(C(F)(F)F)ccc1Cl. The van der Waals surface area contributed by atoms with Crippen LogP contribution in [0.2, 0.25) is 5.02 Å². The second kappa shape index (κ2) is 5.96. The number of halogens is 5. The molecule has 0 aliphatic carbocycles. The second-order valence-electron chi connectivity index (χ2n) is 4.12. The minimum absolute atomic E-state index is 0.0883. The van der Waals surface area contributed by atoms with E-state index < -0.39 is 11.7 Å². The van der Waals surface area contributed by atoms with Crippen molar-refractivity contribution in [2.75, 3.05) is 5.32 Å². The van der Waals surface area contributed by atoms with Gasteiger partial charge in [0.25, 0.3) is 0 Å². The van der Waals surface area contributed by atoms with Crippen LogP contribution >= 0.6 is 27.5 Å². The van der Waals surface area contributed by atoms with E-state index in [1.807, 2.05) is 6.07 Å². The summed E-state index contributed by atoms with van der Waals surface area (Å²) in [4.78, 5) is 0. The zero-order valence-electron chi connectivity index (χ0n) is 10.3. The van der Waals surface area contributed by atoms with Crippen LogP contribution in [0.1, 0.15) is 11.1 Å². The van der Waals surface area contributed by atoms with Crippen LogP contribution in [0.25, 0.3) is 0 Å². The molecule has 2 aromatic rings. The average molecular weight is 376 g/mol. The van der Waals surface area contributed by atoms with Crippen molar-refractivity contribution in [1.29, 1.82) is 5.26 Å². The van der Waals surface area contributed by atoms with E-state index in [4.69, 9.17) is 16.9 Å².